The number of aliphatic hydroxyl groups is 1. The minimum atomic E-state index is 0.0299. The SMILES string of the molecule is Cc1ccc(CO)c2scc(C#N)c12. The first kappa shape index (κ1) is 9.20. The van der Waals surface area contributed by atoms with Gasteiger partial charge in [0.05, 0.1) is 12.2 Å². The van der Waals surface area contributed by atoms with E-state index in [0.29, 0.717) is 5.56 Å². The number of nitrogens with zero attached hydrogens (tertiary/aromatic N) is 1. The van der Waals surface area contributed by atoms with E-state index in [0.717, 1.165) is 21.2 Å². The molecule has 2 aromatic rings. The normalized spacial score (nSPS) is 10.4. The standard InChI is InChI=1S/C11H9NOS/c1-7-2-3-8(5-13)11-10(7)9(4-12)6-14-11/h2-3,6,13H,5H2,1H3. The van der Waals surface area contributed by atoms with E-state index in [9.17, 15) is 0 Å². The molecule has 14 heavy (non-hydrogen) atoms. The predicted molar refractivity (Wildman–Crippen MR) is 57.2 cm³/mol. The van der Waals surface area contributed by atoms with Gasteiger partial charge in [0.15, 0.2) is 0 Å². The highest BCUT2D eigenvalue weighted by molar-refractivity contribution is 7.17. The van der Waals surface area contributed by atoms with Crippen LogP contribution in [0.3, 0.4) is 0 Å². The summed E-state index contributed by atoms with van der Waals surface area (Å²) in [5, 5.41) is 20.9. The Balaban J connectivity index is 2.89. The smallest absolute Gasteiger partial charge is 0.101 e. The number of aliphatic hydroxyl groups excluding tert-OH is 1. The van der Waals surface area contributed by atoms with Crippen molar-refractivity contribution in [1.29, 1.82) is 5.26 Å². The fourth-order valence-corrected chi connectivity index (χ4v) is 2.66. The van der Waals surface area contributed by atoms with E-state index in [1.807, 2.05) is 24.4 Å². The molecule has 2 rings (SSSR count). The molecule has 0 spiro atoms. The third kappa shape index (κ3) is 1.20. The molecule has 0 unspecified atom stereocenters. The molecule has 0 amide bonds. The Hall–Kier alpha value is -1.37. The molecule has 0 aliphatic carbocycles. The average molecular weight is 203 g/mol. The van der Waals surface area contributed by atoms with Crippen molar-refractivity contribution in [1.82, 2.24) is 0 Å². The van der Waals surface area contributed by atoms with Crippen molar-refractivity contribution in [3.63, 3.8) is 0 Å². The third-order valence-electron chi connectivity index (χ3n) is 2.30. The number of aryl methyl sites for hydroxylation is 1. The minimum Gasteiger partial charge on any atom is -0.392 e. The van der Waals surface area contributed by atoms with Gasteiger partial charge in [0.1, 0.15) is 6.07 Å². The molecule has 1 aromatic heterocycles. The van der Waals surface area contributed by atoms with Crippen LogP contribution in [-0.4, -0.2) is 5.11 Å². The molecule has 0 saturated carbocycles. The number of rotatable bonds is 1. The Kier molecular flexibility index (Phi) is 2.24. The predicted octanol–water partition coefficient (Wildman–Crippen LogP) is 2.57. The molecule has 0 radical (unpaired) electrons. The summed E-state index contributed by atoms with van der Waals surface area (Å²) in [6, 6.07) is 6.03. The zero-order valence-electron chi connectivity index (χ0n) is 7.74. The monoisotopic (exact) mass is 203 g/mol. The fourth-order valence-electron chi connectivity index (χ4n) is 1.58. The maximum Gasteiger partial charge on any atom is 0.101 e. The van der Waals surface area contributed by atoms with Crippen molar-refractivity contribution in [2.75, 3.05) is 0 Å². The zero-order chi connectivity index (χ0) is 10.1. The topological polar surface area (TPSA) is 44.0 Å². The van der Waals surface area contributed by atoms with Crippen molar-refractivity contribution < 1.29 is 5.11 Å². The highest BCUT2D eigenvalue weighted by Gasteiger charge is 2.09. The lowest BCUT2D eigenvalue weighted by Crippen LogP contribution is -1.85. The summed E-state index contributed by atoms with van der Waals surface area (Å²) in [5.41, 5.74) is 2.70. The van der Waals surface area contributed by atoms with Gasteiger partial charge in [-0.25, -0.2) is 0 Å². The Morgan fingerprint density at radius 2 is 2.29 bits per heavy atom. The summed E-state index contributed by atoms with van der Waals surface area (Å²) >= 11 is 1.52. The lowest BCUT2D eigenvalue weighted by atomic mass is 10.1. The Bertz CT molecular complexity index is 522. The molecule has 0 fully saturated rings. The summed E-state index contributed by atoms with van der Waals surface area (Å²) in [4.78, 5) is 0. The van der Waals surface area contributed by atoms with E-state index in [1.54, 1.807) is 0 Å². The lowest BCUT2D eigenvalue weighted by Gasteiger charge is -2.01. The van der Waals surface area contributed by atoms with Crippen LogP contribution in [0.2, 0.25) is 0 Å². The first-order valence-electron chi connectivity index (χ1n) is 4.28. The van der Waals surface area contributed by atoms with E-state index in [-0.39, 0.29) is 6.61 Å². The second-order valence-electron chi connectivity index (χ2n) is 3.17. The zero-order valence-corrected chi connectivity index (χ0v) is 8.56. The molecular formula is C11H9NOS. The van der Waals surface area contributed by atoms with Crippen LogP contribution in [0.25, 0.3) is 10.1 Å². The molecular weight excluding hydrogens is 194 g/mol. The van der Waals surface area contributed by atoms with Gasteiger partial charge in [-0.3, -0.25) is 0 Å². The van der Waals surface area contributed by atoms with Crippen LogP contribution >= 0.6 is 11.3 Å². The number of hydrogen-bond donors (Lipinski definition) is 1. The van der Waals surface area contributed by atoms with Crippen molar-refractivity contribution in [3.05, 3.63) is 34.2 Å². The Morgan fingerprint density at radius 1 is 1.50 bits per heavy atom. The van der Waals surface area contributed by atoms with E-state index in [4.69, 9.17) is 10.4 Å². The van der Waals surface area contributed by atoms with Gasteiger partial charge in [-0.05, 0) is 18.1 Å². The van der Waals surface area contributed by atoms with Gasteiger partial charge in [-0.2, -0.15) is 5.26 Å². The van der Waals surface area contributed by atoms with Gasteiger partial charge in [0.2, 0.25) is 0 Å². The molecule has 1 aromatic carbocycles. The average Bonchev–Trinajstić information content (AvgIpc) is 2.63. The highest BCUT2D eigenvalue weighted by atomic mass is 32.1. The molecule has 2 nitrogen and oxygen atoms in total. The van der Waals surface area contributed by atoms with Crippen molar-refractivity contribution in [3.8, 4) is 6.07 Å². The molecule has 0 saturated heterocycles. The van der Waals surface area contributed by atoms with Crippen LogP contribution in [0.1, 0.15) is 16.7 Å². The van der Waals surface area contributed by atoms with Gasteiger partial charge in [-0.1, -0.05) is 12.1 Å². The first-order valence-corrected chi connectivity index (χ1v) is 5.16. The number of benzene rings is 1. The van der Waals surface area contributed by atoms with Gasteiger partial charge in [0, 0.05) is 15.5 Å². The van der Waals surface area contributed by atoms with Crippen LogP contribution in [0.5, 0.6) is 0 Å². The molecule has 1 N–H and O–H groups in total. The third-order valence-corrected chi connectivity index (χ3v) is 3.36. The van der Waals surface area contributed by atoms with Gasteiger partial charge in [0.25, 0.3) is 0 Å². The molecule has 0 atom stereocenters. The minimum absolute atomic E-state index is 0.0299. The summed E-state index contributed by atoms with van der Waals surface area (Å²) < 4.78 is 1.03. The van der Waals surface area contributed by atoms with E-state index in [2.05, 4.69) is 6.07 Å². The summed E-state index contributed by atoms with van der Waals surface area (Å²) in [6.07, 6.45) is 0. The molecule has 0 aliphatic rings. The second kappa shape index (κ2) is 3.41. The van der Waals surface area contributed by atoms with Gasteiger partial charge >= 0.3 is 0 Å². The number of fused-ring (bicyclic) bond motifs is 1. The first-order chi connectivity index (χ1) is 6.77. The molecule has 70 valence electrons. The maximum absolute atomic E-state index is 9.13. The maximum atomic E-state index is 9.13. The van der Waals surface area contributed by atoms with E-state index in [1.165, 1.54) is 11.3 Å². The summed E-state index contributed by atoms with van der Waals surface area (Å²) in [6.45, 7) is 2.01. The van der Waals surface area contributed by atoms with Crippen LogP contribution in [0.15, 0.2) is 17.5 Å². The Morgan fingerprint density at radius 3 is 2.93 bits per heavy atom. The van der Waals surface area contributed by atoms with E-state index >= 15 is 0 Å². The number of thiophene rings is 1. The number of hydrogen-bond acceptors (Lipinski definition) is 3. The van der Waals surface area contributed by atoms with Crippen molar-refractivity contribution >= 4 is 21.4 Å². The van der Waals surface area contributed by atoms with Crippen LogP contribution in [0, 0.1) is 18.3 Å². The fraction of sp³-hybridized carbons (Fsp3) is 0.182. The number of nitriles is 1. The quantitative estimate of drug-likeness (QED) is 0.774. The second-order valence-corrected chi connectivity index (χ2v) is 4.04. The van der Waals surface area contributed by atoms with Crippen molar-refractivity contribution in [2.45, 2.75) is 13.5 Å². The van der Waals surface area contributed by atoms with Crippen LogP contribution in [0.4, 0.5) is 0 Å². The Labute approximate surface area is 86.0 Å². The molecule has 3 heteroatoms. The van der Waals surface area contributed by atoms with E-state index < -0.39 is 0 Å². The van der Waals surface area contributed by atoms with Gasteiger partial charge in [-0.15, -0.1) is 11.3 Å². The largest absolute Gasteiger partial charge is 0.392 e. The van der Waals surface area contributed by atoms with Crippen molar-refractivity contribution in [2.24, 2.45) is 0 Å². The summed E-state index contributed by atoms with van der Waals surface area (Å²) in [5.74, 6) is 0. The summed E-state index contributed by atoms with van der Waals surface area (Å²) in [7, 11) is 0. The molecule has 0 bridgehead atoms. The molecule has 1 heterocycles. The lowest BCUT2D eigenvalue weighted by molar-refractivity contribution is 0.283. The molecule has 0 aliphatic heterocycles. The van der Waals surface area contributed by atoms with Crippen LogP contribution < -0.4 is 0 Å². The van der Waals surface area contributed by atoms with Gasteiger partial charge < -0.3 is 5.11 Å². The van der Waals surface area contributed by atoms with Crippen LogP contribution in [-0.2, 0) is 6.61 Å². The highest BCUT2D eigenvalue weighted by Crippen LogP contribution is 2.31.